The van der Waals surface area contributed by atoms with E-state index in [0.29, 0.717) is 29.9 Å². The monoisotopic (exact) mass is 289 g/mol. The van der Waals surface area contributed by atoms with Crippen LogP contribution >= 0.6 is 23.2 Å². The fraction of sp³-hybridized carbons (Fsp3) is 0.462. The number of rotatable bonds is 3. The number of likely N-dealkylation sites (tertiary alicyclic amines) is 1. The molecule has 0 spiro atoms. The zero-order chi connectivity index (χ0) is 13.1. The first-order valence-corrected chi connectivity index (χ1v) is 6.79. The lowest BCUT2D eigenvalue weighted by molar-refractivity contribution is -0.129. The predicted octanol–water partition coefficient (Wildman–Crippen LogP) is 3.11. The van der Waals surface area contributed by atoms with Gasteiger partial charge in [-0.3, -0.25) is 4.79 Å². The van der Waals surface area contributed by atoms with Gasteiger partial charge in [0.25, 0.3) is 0 Å². The average molecular weight is 290 g/mol. The lowest BCUT2D eigenvalue weighted by Crippen LogP contribution is -2.30. The van der Waals surface area contributed by atoms with Crippen LogP contribution in [0.1, 0.15) is 12.0 Å². The molecule has 1 amide bonds. The number of alkyl halides is 1. The van der Waals surface area contributed by atoms with Crippen LogP contribution in [-0.2, 0) is 11.2 Å². The third kappa shape index (κ3) is 2.96. The van der Waals surface area contributed by atoms with Crippen LogP contribution in [0.15, 0.2) is 18.2 Å². The number of benzene rings is 1. The molecular weight excluding hydrogens is 276 g/mol. The lowest BCUT2D eigenvalue weighted by Gasteiger charge is -2.16. The quantitative estimate of drug-likeness (QED) is 0.783. The summed E-state index contributed by atoms with van der Waals surface area (Å²) in [6.45, 7) is 1.36. The van der Waals surface area contributed by atoms with E-state index >= 15 is 0 Å². The smallest absolute Gasteiger partial charge is 0.227 e. The van der Waals surface area contributed by atoms with Gasteiger partial charge in [0.2, 0.25) is 5.91 Å². The first-order valence-electron chi connectivity index (χ1n) is 5.88. The van der Waals surface area contributed by atoms with Gasteiger partial charge in [0.15, 0.2) is 0 Å². The summed E-state index contributed by atoms with van der Waals surface area (Å²) in [5.41, 5.74) is 0.276. The molecule has 0 N–H and O–H groups in total. The van der Waals surface area contributed by atoms with Crippen LogP contribution < -0.4 is 0 Å². The van der Waals surface area contributed by atoms with Gasteiger partial charge in [-0.15, -0.1) is 11.6 Å². The van der Waals surface area contributed by atoms with Gasteiger partial charge in [-0.1, -0.05) is 17.7 Å². The van der Waals surface area contributed by atoms with Crippen molar-refractivity contribution in [1.29, 1.82) is 0 Å². The van der Waals surface area contributed by atoms with Gasteiger partial charge in [-0.2, -0.15) is 0 Å². The molecule has 0 bridgehead atoms. The summed E-state index contributed by atoms with van der Waals surface area (Å²) < 4.78 is 13.6. The fourth-order valence-electron chi connectivity index (χ4n) is 2.15. The van der Waals surface area contributed by atoms with Crippen LogP contribution in [-0.4, -0.2) is 29.8 Å². The van der Waals surface area contributed by atoms with Crippen molar-refractivity contribution in [2.24, 2.45) is 5.92 Å². The normalized spacial score (nSPS) is 19.3. The highest BCUT2D eigenvalue weighted by Gasteiger charge is 2.26. The zero-order valence-electron chi connectivity index (χ0n) is 9.83. The van der Waals surface area contributed by atoms with Crippen molar-refractivity contribution in [1.82, 2.24) is 4.90 Å². The second kappa shape index (κ2) is 5.89. The predicted molar refractivity (Wildman–Crippen MR) is 70.5 cm³/mol. The van der Waals surface area contributed by atoms with Crippen LogP contribution in [0.2, 0.25) is 5.02 Å². The Bertz CT molecular complexity index is 432. The molecule has 18 heavy (non-hydrogen) atoms. The number of nitrogens with zero attached hydrogens (tertiary/aromatic N) is 1. The Morgan fingerprint density at radius 2 is 2.28 bits per heavy atom. The van der Waals surface area contributed by atoms with Crippen LogP contribution in [0, 0.1) is 11.7 Å². The van der Waals surface area contributed by atoms with Crippen LogP contribution in [0.5, 0.6) is 0 Å². The van der Waals surface area contributed by atoms with Crippen molar-refractivity contribution in [3.63, 3.8) is 0 Å². The van der Waals surface area contributed by atoms with Gasteiger partial charge in [0, 0.05) is 29.6 Å². The number of halogens is 3. The molecule has 1 aromatic carbocycles. The summed E-state index contributed by atoms with van der Waals surface area (Å²) in [5.74, 6) is 0.398. The van der Waals surface area contributed by atoms with E-state index in [4.69, 9.17) is 23.2 Å². The van der Waals surface area contributed by atoms with E-state index in [2.05, 4.69) is 0 Å². The molecule has 98 valence electrons. The van der Waals surface area contributed by atoms with Crippen molar-refractivity contribution in [2.45, 2.75) is 12.8 Å². The molecule has 1 atom stereocenters. The molecule has 1 saturated heterocycles. The summed E-state index contributed by atoms with van der Waals surface area (Å²) >= 11 is 11.7. The summed E-state index contributed by atoms with van der Waals surface area (Å²) in [4.78, 5) is 13.8. The average Bonchev–Trinajstić information content (AvgIpc) is 2.82. The molecule has 1 fully saturated rings. The van der Waals surface area contributed by atoms with Gasteiger partial charge in [0.1, 0.15) is 5.82 Å². The third-order valence-corrected chi connectivity index (χ3v) is 4.04. The molecule has 0 radical (unpaired) electrons. The SMILES string of the molecule is O=C(Cc1c(F)cccc1Cl)N1CCC(CCl)C1. The minimum Gasteiger partial charge on any atom is -0.342 e. The highest BCUT2D eigenvalue weighted by atomic mass is 35.5. The summed E-state index contributed by atoms with van der Waals surface area (Å²) in [5, 5.41) is 0.302. The molecule has 1 aliphatic rings. The largest absolute Gasteiger partial charge is 0.342 e. The molecule has 1 aromatic rings. The Hall–Kier alpha value is -0.800. The fourth-order valence-corrected chi connectivity index (χ4v) is 2.63. The number of carbonyl (C=O) groups excluding carboxylic acids is 1. The Morgan fingerprint density at radius 1 is 1.50 bits per heavy atom. The van der Waals surface area contributed by atoms with Gasteiger partial charge >= 0.3 is 0 Å². The highest BCUT2D eigenvalue weighted by molar-refractivity contribution is 6.31. The maximum atomic E-state index is 13.6. The Labute approximate surface area is 116 Å². The molecule has 0 saturated carbocycles. The second-order valence-corrected chi connectivity index (χ2v) is 5.24. The number of amides is 1. The van der Waals surface area contributed by atoms with E-state index < -0.39 is 5.82 Å². The summed E-state index contributed by atoms with van der Waals surface area (Å²) in [7, 11) is 0. The first kappa shape index (κ1) is 13.6. The third-order valence-electron chi connectivity index (χ3n) is 3.25. The van der Waals surface area contributed by atoms with Crippen LogP contribution in [0.4, 0.5) is 4.39 Å². The Kier molecular flexibility index (Phi) is 4.46. The molecule has 5 heteroatoms. The van der Waals surface area contributed by atoms with E-state index in [1.54, 1.807) is 11.0 Å². The van der Waals surface area contributed by atoms with Crippen molar-refractivity contribution in [3.8, 4) is 0 Å². The van der Waals surface area contributed by atoms with Gasteiger partial charge in [-0.25, -0.2) is 4.39 Å². The molecule has 0 aromatic heterocycles. The van der Waals surface area contributed by atoms with E-state index in [1.165, 1.54) is 12.1 Å². The Morgan fingerprint density at radius 3 is 2.89 bits per heavy atom. The van der Waals surface area contributed by atoms with Crippen LogP contribution in [0.25, 0.3) is 0 Å². The highest BCUT2D eigenvalue weighted by Crippen LogP contribution is 2.22. The summed E-state index contributed by atoms with van der Waals surface area (Å²) in [6, 6.07) is 4.45. The molecule has 1 unspecified atom stereocenters. The van der Waals surface area contributed by atoms with Gasteiger partial charge < -0.3 is 4.90 Å². The van der Waals surface area contributed by atoms with Gasteiger partial charge in [-0.05, 0) is 24.5 Å². The second-order valence-electron chi connectivity index (χ2n) is 4.53. The molecule has 2 nitrogen and oxygen atoms in total. The molecule has 0 aliphatic carbocycles. The molecular formula is C13H14Cl2FNO. The minimum atomic E-state index is -0.427. The maximum Gasteiger partial charge on any atom is 0.227 e. The van der Waals surface area contributed by atoms with Crippen molar-refractivity contribution < 1.29 is 9.18 Å². The number of carbonyl (C=O) groups is 1. The number of hydrogen-bond donors (Lipinski definition) is 0. The maximum absolute atomic E-state index is 13.6. The minimum absolute atomic E-state index is 0.0144. The van der Waals surface area contributed by atoms with Crippen molar-refractivity contribution >= 4 is 29.1 Å². The number of hydrogen-bond acceptors (Lipinski definition) is 1. The summed E-state index contributed by atoms with van der Waals surface area (Å²) in [6.07, 6.45) is 0.931. The van der Waals surface area contributed by atoms with E-state index in [9.17, 15) is 9.18 Å². The van der Waals surface area contributed by atoms with Crippen LogP contribution in [0.3, 0.4) is 0 Å². The van der Waals surface area contributed by atoms with E-state index in [0.717, 1.165) is 6.42 Å². The molecule has 2 rings (SSSR count). The van der Waals surface area contributed by atoms with Crippen molar-refractivity contribution in [2.75, 3.05) is 19.0 Å². The molecule has 1 heterocycles. The molecule has 1 aliphatic heterocycles. The van der Waals surface area contributed by atoms with E-state index in [-0.39, 0.29) is 17.9 Å². The Balaban J connectivity index is 2.04. The lowest BCUT2D eigenvalue weighted by atomic mass is 10.1. The topological polar surface area (TPSA) is 20.3 Å². The first-order chi connectivity index (χ1) is 8.61. The van der Waals surface area contributed by atoms with E-state index in [1.807, 2.05) is 0 Å². The zero-order valence-corrected chi connectivity index (χ0v) is 11.3. The van der Waals surface area contributed by atoms with Gasteiger partial charge in [0.05, 0.1) is 6.42 Å². The van der Waals surface area contributed by atoms with Crippen molar-refractivity contribution in [3.05, 3.63) is 34.6 Å². The standard InChI is InChI=1S/C13H14Cl2FNO/c14-7-9-4-5-17(8-9)13(18)6-10-11(15)2-1-3-12(10)16/h1-3,9H,4-8H2.